The first-order chi connectivity index (χ1) is 63.7. The highest BCUT2D eigenvalue weighted by molar-refractivity contribution is 6.67. The fourth-order valence-electron chi connectivity index (χ4n) is 17.4. The van der Waals surface area contributed by atoms with Crippen molar-refractivity contribution in [2.75, 3.05) is 37.7 Å². The van der Waals surface area contributed by atoms with Gasteiger partial charge in [-0.3, -0.25) is 44.7 Å². The van der Waals surface area contributed by atoms with Gasteiger partial charge in [0, 0.05) is 51.8 Å². The number of anilines is 3. The van der Waals surface area contributed by atoms with Crippen molar-refractivity contribution in [3.8, 4) is 6.07 Å². The molecule has 0 aliphatic heterocycles. The number of rotatable bonds is 13. The SMILES string of the molecule is CC(C)(C)c1ccc(C(=O)Cl)cc1.CC(C)(C)c1ccc(C(=O)Nc2cc3c(cc2CO)CCCCC3)cc1.COC(=O)c1cc2c(cc1N)CCCCC2.COC(=O)c1cc2c(cc1NC(=O)c1ccc(C(C)(C)C)cc1)CCCCC2.COC(=O)c1cc2c(cc1[N+](=O)[O-])CCCCC2.N#Cc1cc2c(cc1[N+](=O)[O-])CCCCC2.O=C(O)c1cc2c(cc1[N+](=O)[O-])CCCCC2. The van der Waals surface area contributed by atoms with E-state index in [1.54, 1.807) is 30.3 Å². The topological polar surface area (TPSA) is 391 Å². The number of nitro benzene ring substituents is 3. The van der Waals surface area contributed by atoms with Gasteiger partial charge in [0.15, 0.2) is 0 Å². The number of nitrogen functional groups attached to an aromatic ring is 1. The number of fused-ring (bicyclic) bond motifs is 6. The second-order valence-electron chi connectivity index (χ2n) is 37.9. The minimum absolute atomic E-state index is 0.0318. The van der Waals surface area contributed by atoms with Gasteiger partial charge in [0.25, 0.3) is 34.1 Å². The van der Waals surface area contributed by atoms with Gasteiger partial charge in [-0.25, -0.2) is 19.2 Å². The molecule has 0 spiro atoms. The van der Waals surface area contributed by atoms with Crippen LogP contribution in [0.4, 0.5) is 34.1 Å². The molecule has 0 bridgehead atoms. The van der Waals surface area contributed by atoms with E-state index in [4.69, 9.17) is 37.2 Å². The summed E-state index contributed by atoms with van der Waals surface area (Å²) >= 11 is 5.33. The van der Waals surface area contributed by atoms with E-state index < -0.39 is 37.9 Å². The average Bonchev–Trinajstić information content (AvgIpc) is 1.21. The lowest BCUT2D eigenvalue weighted by Crippen LogP contribution is -2.17. The number of methoxy groups -OCH3 is 3. The number of nitrogens with one attached hydrogen (secondary N) is 2. The molecule has 0 unspecified atom stereocenters. The third-order valence-electron chi connectivity index (χ3n) is 25.3. The van der Waals surface area contributed by atoms with Crippen molar-refractivity contribution < 1.29 is 72.8 Å². The summed E-state index contributed by atoms with van der Waals surface area (Å²) < 4.78 is 14.3. The van der Waals surface area contributed by atoms with Crippen LogP contribution in [0.25, 0.3) is 0 Å². The van der Waals surface area contributed by atoms with Crippen molar-refractivity contribution in [3.05, 3.63) is 309 Å². The molecule has 0 radical (unpaired) electrons. The van der Waals surface area contributed by atoms with Gasteiger partial charge in [-0.15, -0.1) is 0 Å². The number of nitriles is 1. The monoisotopic (exact) mass is 1850 g/mol. The van der Waals surface area contributed by atoms with Gasteiger partial charge in [0.1, 0.15) is 22.8 Å². The average molecular weight is 1850 g/mol. The van der Waals surface area contributed by atoms with Crippen molar-refractivity contribution in [2.45, 2.75) is 278 Å². The van der Waals surface area contributed by atoms with Crippen LogP contribution in [-0.2, 0) is 114 Å². The molecular weight excluding hydrogens is 1720 g/mol. The number of nitrogens with two attached hydrogens (primary N) is 1. The van der Waals surface area contributed by atoms with Crippen molar-refractivity contribution in [3.63, 3.8) is 0 Å². The lowest BCUT2D eigenvalue weighted by molar-refractivity contribution is -0.385. The maximum absolute atomic E-state index is 12.8. The molecule has 6 aliphatic rings. The molecule has 0 saturated carbocycles. The number of benzene rings is 9. The Balaban J connectivity index is 0.000000178. The van der Waals surface area contributed by atoms with E-state index >= 15 is 0 Å². The van der Waals surface area contributed by atoms with E-state index in [0.29, 0.717) is 39.2 Å². The van der Waals surface area contributed by atoms with Crippen LogP contribution in [0.1, 0.15) is 345 Å². The number of aliphatic hydroxyl groups excluding tert-OH is 1. The molecule has 6 aliphatic carbocycles. The Morgan fingerprint density at radius 1 is 0.373 bits per heavy atom. The van der Waals surface area contributed by atoms with E-state index in [9.17, 15) is 69.0 Å². The van der Waals surface area contributed by atoms with Crippen molar-refractivity contribution >= 4 is 86.7 Å². The first-order valence-corrected chi connectivity index (χ1v) is 46.9. The minimum Gasteiger partial charge on any atom is -0.477 e. The number of aryl methyl sites for hydroxylation is 12. The number of carbonyl (C=O) groups excluding carboxylic acids is 6. The highest BCUT2D eigenvalue weighted by Crippen LogP contribution is 2.37. The first-order valence-electron chi connectivity index (χ1n) is 46.5. The van der Waals surface area contributed by atoms with Crippen LogP contribution >= 0.6 is 11.6 Å². The summed E-state index contributed by atoms with van der Waals surface area (Å²) in [6.07, 6.45) is 31.7. The van der Waals surface area contributed by atoms with Gasteiger partial charge >= 0.3 is 23.9 Å². The first kappa shape index (κ1) is 105. The predicted octanol–water partition coefficient (Wildman–Crippen LogP) is 23.9. The summed E-state index contributed by atoms with van der Waals surface area (Å²) in [7, 11) is 3.98. The summed E-state index contributed by atoms with van der Waals surface area (Å²) in [5.74, 6) is -3.00. The summed E-state index contributed by atoms with van der Waals surface area (Å²) in [4.78, 5) is 114. The molecule has 9 aromatic rings. The number of nitrogens with zero attached hydrogens (tertiary/aromatic N) is 4. The number of aromatic carboxylic acids is 1. The molecule has 134 heavy (non-hydrogen) atoms. The van der Waals surface area contributed by atoms with E-state index in [2.05, 4.69) is 89.8 Å². The number of carboxylic acid groups (broad SMARTS) is 1. The zero-order chi connectivity index (χ0) is 97.7. The number of aliphatic hydroxyl groups is 1. The summed E-state index contributed by atoms with van der Waals surface area (Å²) in [5.41, 5.74) is 28.1. The Morgan fingerprint density at radius 3 is 0.970 bits per heavy atom. The molecular formula is C108H128ClN7O18. The zero-order valence-electron chi connectivity index (χ0n) is 79.4. The quantitative estimate of drug-likeness (QED) is 0.0136. The van der Waals surface area contributed by atoms with Crippen molar-refractivity contribution in [1.82, 2.24) is 0 Å². The van der Waals surface area contributed by atoms with Gasteiger partial charge in [-0.05, 0) is 350 Å². The molecule has 0 aromatic heterocycles. The van der Waals surface area contributed by atoms with Crippen LogP contribution in [-0.4, -0.2) is 87.2 Å². The third kappa shape index (κ3) is 29.6. The Labute approximate surface area is 791 Å². The molecule has 0 heterocycles. The number of hydrogen-bond acceptors (Lipinski definition) is 19. The standard InChI is InChI=1S/C24H29NO3.C23H29NO2.C13H15NO4.C13H17NO2.C12H12N2O2.C12H13NO4.C11H13ClO/c1-24(2,3)19-12-10-16(11-13-19)22(26)25-21-15-18-9-7-5-6-8-17(18)14-20(21)23(27)28-4;1-23(2,3)20-11-9-16(10-12-20)22(26)24-21-14-18-8-6-4-5-7-17(18)13-19(21)15-25;1-18-13(15)11-7-9-5-3-2-4-6-10(9)8-12(11)14(16)17;1-16-13(15)11-7-9-5-3-2-4-6-10(9)8-12(11)14;13-8-11-6-9-4-2-1-3-5-10(9)7-12(11)14(15)16;14-12(15)10-6-8-4-2-1-3-5-9(8)7-11(10)13(16)17;1-11(2,3)9-6-4-8(5-7-9)10(12)13/h10-15H,5-9H2,1-4H3,(H,25,26);9-14,25H,4-8,15H2,1-3H3,(H,24,26);7-8H,2-6H2,1H3;7-8H,2-6,14H2,1H3;6-7H,1-5H2;6-7H,1-5H2,(H,14,15);4-7H,1-3H3. The Kier molecular flexibility index (Phi) is 38.6. The second-order valence-corrected chi connectivity index (χ2v) is 38.3. The number of esters is 3. The van der Waals surface area contributed by atoms with Crippen LogP contribution < -0.4 is 16.4 Å². The molecule has 0 saturated heterocycles. The number of halogens is 1. The molecule has 2 amide bonds. The number of ether oxygens (including phenoxy) is 3. The van der Waals surface area contributed by atoms with Gasteiger partial charge in [-0.2, -0.15) is 5.26 Å². The molecule has 25 nitrogen and oxygen atoms in total. The van der Waals surface area contributed by atoms with Gasteiger partial charge in [-0.1, -0.05) is 143 Å². The highest BCUT2D eigenvalue weighted by Gasteiger charge is 2.29. The lowest BCUT2D eigenvalue weighted by atomic mass is 9.86. The second kappa shape index (κ2) is 49.3. The minimum atomic E-state index is -1.23. The van der Waals surface area contributed by atoms with Gasteiger partial charge in [0.2, 0.25) is 0 Å². The number of carboxylic acids is 1. The molecule has 710 valence electrons. The predicted molar refractivity (Wildman–Crippen MR) is 524 cm³/mol. The number of amides is 2. The van der Waals surface area contributed by atoms with Gasteiger partial charge in [0.05, 0.1) is 59.5 Å². The lowest BCUT2D eigenvalue weighted by Gasteiger charge is -2.19. The summed E-state index contributed by atoms with van der Waals surface area (Å²) in [5, 5.41) is 65.8. The van der Waals surface area contributed by atoms with Crippen LogP contribution in [0.5, 0.6) is 0 Å². The van der Waals surface area contributed by atoms with E-state index in [1.807, 2.05) is 91.0 Å². The van der Waals surface area contributed by atoms with E-state index in [1.165, 1.54) is 135 Å². The maximum atomic E-state index is 12.8. The fraction of sp³-hybridized carbons (Fsp3) is 0.426. The molecule has 9 aromatic carbocycles. The largest absolute Gasteiger partial charge is 0.477 e. The smallest absolute Gasteiger partial charge is 0.344 e. The Hall–Kier alpha value is -12.8. The highest BCUT2D eigenvalue weighted by atomic mass is 35.5. The van der Waals surface area contributed by atoms with Crippen LogP contribution in [0.2, 0.25) is 0 Å². The number of hydrogen-bond donors (Lipinski definition) is 5. The molecule has 6 N–H and O–H groups in total. The third-order valence-corrected chi connectivity index (χ3v) is 25.5. The molecule has 15 rings (SSSR count). The van der Waals surface area contributed by atoms with Crippen LogP contribution in [0, 0.1) is 41.7 Å². The zero-order valence-corrected chi connectivity index (χ0v) is 80.2. The maximum Gasteiger partial charge on any atom is 0.344 e. The van der Waals surface area contributed by atoms with Crippen LogP contribution in [0.15, 0.2) is 146 Å². The summed E-state index contributed by atoms with van der Waals surface area (Å²) in [6.45, 7) is 19.2. The Morgan fingerprint density at radius 2 is 0.642 bits per heavy atom. The Bertz CT molecular complexity index is 5730. The van der Waals surface area contributed by atoms with Gasteiger partial charge < -0.3 is 40.8 Å². The number of carbonyl (C=O) groups is 7. The molecule has 0 fully saturated rings. The number of nitro groups is 3. The van der Waals surface area contributed by atoms with Crippen LogP contribution in [0.3, 0.4) is 0 Å². The fourth-order valence-corrected chi connectivity index (χ4v) is 17.6. The normalized spacial score (nSPS) is 14.2. The van der Waals surface area contributed by atoms with Crippen molar-refractivity contribution in [1.29, 1.82) is 5.26 Å². The van der Waals surface area contributed by atoms with E-state index in [-0.39, 0.29) is 74.4 Å². The molecule has 26 heteroatoms. The summed E-state index contributed by atoms with van der Waals surface area (Å²) in [6, 6.07) is 45.9. The molecule has 0 atom stereocenters. The van der Waals surface area contributed by atoms with Crippen molar-refractivity contribution in [2.24, 2.45) is 0 Å². The van der Waals surface area contributed by atoms with E-state index in [0.717, 1.165) is 192 Å².